The van der Waals surface area contributed by atoms with Gasteiger partial charge in [0.1, 0.15) is 5.37 Å². The molecule has 1 atom stereocenters. The smallest absolute Gasteiger partial charge is 0.255 e. The minimum absolute atomic E-state index is 0.0128. The molecule has 1 aliphatic rings. The summed E-state index contributed by atoms with van der Waals surface area (Å²) in [6.07, 6.45) is 0. The van der Waals surface area contributed by atoms with Crippen molar-refractivity contribution in [2.24, 2.45) is 0 Å². The molecule has 202 valence electrons. The van der Waals surface area contributed by atoms with E-state index in [1.807, 2.05) is 71.6 Å². The Morgan fingerprint density at radius 2 is 1.50 bits per heavy atom. The lowest BCUT2D eigenvalue weighted by atomic mass is 9.86. The van der Waals surface area contributed by atoms with Crippen LogP contribution in [0.1, 0.15) is 69.1 Å². The summed E-state index contributed by atoms with van der Waals surface area (Å²) < 4.78 is 0. The van der Waals surface area contributed by atoms with E-state index in [1.165, 1.54) is 0 Å². The Morgan fingerprint density at radius 1 is 0.825 bits per heavy atom. The first-order valence-corrected chi connectivity index (χ1v) is 14.4. The molecular formula is C34H32N2O3S. The number of amides is 2. The average molecular weight is 549 g/mol. The topological polar surface area (TPSA) is 66.5 Å². The lowest BCUT2D eigenvalue weighted by Crippen LogP contribution is -2.27. The first-order chi connectivity index (χ1) is 19.2. The van der Waals surface area contributed by atoms with E-state index < -0.39 is 0 Å². The molecule has 1 saturated heterocycles. The van der Waals surface area contributed by atoms with E-state index in [4.69, 9.17) is 0 Å². The molecule has 0 bridgehead atoms. The summed E-state index contributed by atoms with van der Waals surface area (Å²) in [6, 6.07) is 32.0. The quantitative estimate of drug-likeness (QED) is 0.247. The second-order valence-electron chi connectivity index (χ2n) is 11.0. The van der Waals surface area contributed by atoms with Crippen molar-refractivity contribution < 1.29 is 14.4 Å². The van der Waals surface area contributed by atoms with Gasteiger partial charge in [0.05, 0.1) is 5.75 Å². The fourth-order valence-corrected chi connectivity index (χ4v) is 5.90. The van der Waals surface area contributed by atoms with E-state index in [0.29, 0.717) is 34.7 Å². The third-order valence-corrected chi connectivity index (χ3v) is 8.27. The minimum atomic E-state index is -0.262. The number of hydrogen-bond acceptors (Lipinski definition) is 4. The number of hydrogen-bond donors (Lipinski definition) is 1. The van der Waals surface area contributed by atoms with E-state index in [1.54, 1.807) is 48.2 Å². The molecule has 0 aromatic heterocycles. The molecule has 1 heterocycles. The molecule has 0 radical (unpaired) electrons. The average Bonchev–Trinajstić information content (AvgIpc) is 3.32. The molecule has 1 N–H and O–H groups in total. The number of anilines is 1. The fraction of sp³-hybridized carbons (Fsp3) is 0.206. The van der Waals surface area contributed by atoms with Crippen LogP contribution in [0.15, 0.2) is 103 Å². The largest absolute Gasteiger partial charge is 0.322 e. The number of carbonyl (C=O) groups is 3. The van der Waals surface area contributed by atoms with Crippen LogP contribution in [0, 0.1) is 0 Å². The highest BCUT2D eigenvalue weighted by atomic mass is 32.2. The van der Waals surface area contributed by atoms with Crippen molar-refractivity contribution in [3.05, 3.63) is 137 Å². The van der Waals surface area contributed by atoms with Crippen molar-refractivity contribution in [3.63, 3.8) is 0 Å². The van der Waals surface area contributed by atoms with Gasteiger partial charge in [-0.15, -0.1) is 11.8 Å². The first-order valence-electron chi connectivity index (χ1n) is 13.3. The van der Waals surface area contributed by atoms with Crippen molar-refractivity contribution in [2.75, 3.05) is 11.1 Å². The van der Waals surface area contributed by atoms with Gasteiger partial charge in [-0.25, -0.2) is 0 Å². The molecule has 40 heavy (non-hydrogen) atoms. The lowest BCUT2D eigenvalue weighted by molar-refractivity contribution is -0.128. The lowest BCUT2D eigenvalue weighted by Gasteiger charge is -2.24. The molecule has 0 unspecified atom stereocenters. The van der Waals surface area contributed by atoms with E-state index in [2.05, 4.69) is 26.1 Å². The Morgan fingerprint density at radius 3 is 2.17 bits per heavy atom. The van der Waals surface area contributed by atoms with E-state index in [9.17, 15) is 14.4 Å². The molecule has 4 aromatic carbocycles. The van der Waals surface area contributed by atoms with Crippen LogP contribution in [0.5, 0.6) is 0 Å². The summed E-state index contributed by atoms with van der Waals surface area (Å²) in [5.41, 5.74) is 5.42. The molecule has 0 aliphatic carbocycles. The maximum atomic E-state index is 13.1. The molecular weight excluding hydrogens is 516 g/mol. The van der Waals surface area contributed by atoms with E-state index in [0.717, 1.165) is 16.7 Å². The van der Waals surface area contributed by atoms with Gasteiger partial charge in [0.15, 0.2) is 5.78 Å². The van der Waals surface area contributed by atoms with Crippen molar-refractivity contribution in [1.82, 2.24) is 4.90 Å². The molecule has 1 fully saturated rings. The van der Waals surface area contributed by atoms with Crippen LogP contribution in [0.2, 0.25) is 0 Å². The Kier molecular flexibility index (Phi) is 7.90. The zero-order valence-electron chi connectivity index (χ0n) is 22.9. The predicted octanol–water partition coefficient (Wildman–Crippen LogP) is 7.24. The normalized spacial score (nSPS) is 15.2. The number of nitrogens with one attached hydrogen (secondary N) is 1. The van der Waals surface area contributed by atoms with Gasteiger partial charge in [0, 0.05) is 28.9 Å². The van der Waals surface area contributed by atoms with Crippen LogP contribution < -0.4 is 5.32 Å². The number of nitrogens with zero attached hydrogens (tertiary/aromatic N) is 1. The summed E-state index contributed by atoms with van der Waals surface area (Å²) in [6.45, 7) is 6.96. The van der Waals surface area contributed by atoms with Gasteiger partial charge in [0.2, 0.25) is 5.91 Å². The predicted molar refractivity (Wildman–Crippen MR) is 162 cm³/mol. The van der Waals surface area contributed by atoms with Crippen molar-refractivity contribution in [3.8, 4) is 0 Å². The van der Waals surface area contributed by atoms with Gasteiger partial charge in [-0.05, 0) is 46.4 Å². The highest BCUT2D eigenvalue weighted by molar-refractivity contribution is 8.00. The van der Waals surface area contributed by atoms with Gasteiger partial charge >= 0.3 is 0 Å². The molecule has 4 aromatic rings. The highest BCUT2D eigenvalue weighted by Gasteiger charge is 2.32. The summed E-state index contributed by atoms with van der Waals surface area (Å²) in [5.74, 6) is 0.196. The zero-order chi connectivity index (χ0) is 28.3. The standard InChI is InChI=1S/C34H32N2O3S/c1-34(2,3)28-18-16-24(17-19-28)31(38)27-10-7-11-29(20-27)35-32(39)25-12-14-26(15-13-25)33-36(30(37)22-40-33)21-23-8-5-4-6-9-23/h4-20,33H,21-22H2,1-3H3,(H,35,39)/t33-/m0/s1. The summed E-state index contributed by atoms with van der Waals surface area (Å²) >= 11 is 1.60. The van der Waals surface area contributed by atoms with Gasteiger partial charge in [-0.1, -0.05) is 99.6 Å². The van der Waals surface area contributed by atoms with Crippen molar-refractivity contribution in [1.29, 1.82) is 0 Å². The van der Waals surface area contributed by atoms with Crippen molar-refractivity contribution in [2.45, 2.75) is 38.1 Å². The van der Waals surface area contributed by atoms with Crippen molar-refractivity contribution >= 4 is 35.0 Å². The second-order valence-corrected chi connectivity index (χ2v) is 12.1. The molecule has 5 nitrogen and oxygen atoms in total. The van der Waals surface area contributed by atoms with Gasteiger partial charge < -0.3 is 10.2 Å². The molecule has 0 saturated carbocycles. The van der Waals surface area contributed by atoms with Crippen LogP contribution in [0.25, 0.3) is 0 Å². The van der Waals surface area contributed by atoms with Gasteiger partial charge in [-0.2, -0.15) is 0 Å². The third-order valence-electron chi connectivity index (χ3n) is 7.02. The van der Waals surface area contributed by atoms with Crippen LogP contribution >= 0.6 is 11.8 Å². The maximum Gasteiger partial charge on any atom is 0.255 e. The fourth-order valence-electron chi connectivity index (χ4n) is 4.71. The molecule has 5 rings (SSSR count). The first kappa shape index (κ1) is 27.4. The summed E-state index contributed by atoms with van der Waals surface area (Å²) in [7, 11) is 0. The summed E-state index contributed by atoms with van der Waals surface area (Å²) in [5, 5.41) is 2.82. The van der Waals surface area contributed by atoms with E-state index >= 15 is 0 Å². The molecule has 1 aliphatic heterocycles. The van der Waals surface area contributed by atoms with Gasteiger partial charge in [-0.3, -0.25) is 14.4 Å². The minimum Gasteiger partial charge on any atom is -0.322 e. The number of ketones is 1. The number of thioether (sulfide) groups is 1. The van der Waals surface area contributed by atoms with Crippen LogP contribution in [0.3, 0.4) is 0 Å². The molecule has 2 amide bonds. The third kappa shape index (κ3) is 6.18. The molecule has 0 spiro atoms. The Hall–Kier alpha value is -4.16. The number of benzene rings is 4. The number of rotatable bonds is 7. The van der Waals surface area contributed by atoms with Gasteiger partial charge in [0.25, 0.3) is 5.91 Å². The monoisotopic (exact) mass is 548 g/mol. The molecule has 6 heteroatoms. The number of carbonyl (C=O) groups excluding carboxylic acids is 3. The summed E-state index contributed by atoms with van der Waals surface area (Å²) in [4.78, 5) is 40.6. The van der Waals surface area contributed by atoms with Crippen LogP contribution in [-0.4, -0.2) is 28.3 Å². The Bertz CT molecular complexity index is 1520. The van der Waals surface area contributed by atoms with Crippen LogP contribution in [-0.2, 0) is 16.8 Å². The Balaban J connectivity index is 1.26. The highest BCUT2D eigenvalue weighted by Crippen LogP contribution is 2.39. The zero-order valence-corrected chi connectivity index (χ0v) is 23.7. The Labute approximate surface area is 239 Å². The van der Waals surface area contributed by atoms with E-state index in [-0.39, 0.29) is 28.4 Å². The van der Waals surface area contributed by atoms with Crippen LogP contribution in [0.4, 0.5) is 5.69 Å². The maximum absolute atomic E-state index is 13.1. The second kappa shape index (κ2) is 11.5. The SMILES string of the molecule is CC(C)(C)c1ccc(C(=O)c2cccc(NC(=O)c3ccc([C@@H]4SCC(=O)N4Cc4ccccc4)cc3)c2)cc1.